The lowest BCUT2D eigenvalue weighted by Crippen LogP contribution is -2.41. The van der Waals surface area contributed by atoms with E-state index >= 15 is 0 Å². The largest absolute Gasteiger partial charge is 0.468 e. The Labute approximate surface area is 163 Å². The molecule has 0 bridgehead atoms. The van der Waals surface area contributed by atoms with Crippen LogP contribution >= 0.6 is 0 Å². The van der Waals surface area contributed by atoms with Crippen molar-refractivity contribution in [1.82, 2.24) is 15.1 Å². The average molecular weight is 377 g/mol. The van der Waals surface area contributed by atoms with Crippen LogP contribution in [-0.2, 0) is 4.74 Å². The summed E-state index contributed by atoms with van der Waals surface area (Å²) in [4.78, 5) is 9.64. The minimum Gasteiger partial charge on any atom is -0.468 e. The molecule has 152 valence electrons. The number of hydrogen-bond acceptors (Lipinski definition) is 4. The Morgan fingerprint density at radius 2 is 2.19 bits per heavy atom. The van der Waals surface area contributed by atoms with Crippen molar-refractivity contribution in [2.24, 2.45) is 10.9 Å². The predicted octanol–water partition coefficient (Wildman–Crippen LogP) is 3.13. The molecule has 0 spiro atoms. The van der Waals surface area contributed by atoms with E-state index in [1.807, 2.05) is 6.07 Å². The molecule has 1 aliphatic carbocycles. The average Bonchev–Trinajstić information content (AvgIpc) is 3.37. The summed E-state index contributed by atoms with van der Waals surface area (Å²) in [5.41, 5.74) is 0. The molecule has 1 aliphatic heterocycles. The van der Waals surface area contributed by atoms with Gasteiger partial charge in [0.05, 0.1) is 25.5 Å². The fourth-order valence-electron chi connectivity index (χ4n) is 3.58. The molecule has 6 heteroatoms. The second kappa shape index (κ2) is 10.7. The zero-order valence-electron chi connectivity index (χ0n) is 17.0. The molecule has 2 fully saturated rings. The molecule has 1 saturated carbocycles. The van der Waals surface area contributed by atoms with Crippen molar-refractivity contribution in [3.8, 4) is 0 Å². The summed E-state index contributed by atoms with van der Waals surface area (Å²) < 4.78 is 11.5. The Hall–Kier alpha value is -1.53. The topological polar surface area (TPSA) is 53.2 Å². The zero-order valence-corrected chi connectivity index (χ0v) is 17.0. The lowest BCUT2D eigenvalue weighted by atomic mass is 10.1. The Bertz CT molecular complexity index is 551. The molecule has 27 heavy (non-hydrogen) atoms. The van der Waals surface area contributed by atoms with Crippen LogP contribution in [0.4, 0.5) is 0 Å². The van der Waals surface area contributed by atoms with Crippen molar-refractivity contribution in [1.29, 1.82) is 0 Å². The first kappa shape index (κ1) is 20.2. The van der Waals surface area contributed by atoms with Gasteiger partial charge >= 0.3 is 0 Å². The molecular weight excluding hydrogens is 340 g/mol. The Morgan fingerprint density at radius 1 is 1.37 bits per heavy atom. The van der Waals surface area contributed by atoms with E-state index in [2.05, 4.69) is 35.2 Å². The van der Waals surface area contributed by atoms with Crippen LogP contribution in [0.1, 0.15) is 50.8 Å². The SMILES string of the molecule is CCNC(=NCC(c1ccco1)N1CCCCC1)N(C)CCOCC1CC1. The van der Waals surface area contributed by atoms with E-state index in [0.29, 0.717) is 6.54 Å². The maximum Gasteiger partial charge on any atom is 0.193 e. The van der Waals surface area contributed by atoms with E-state index in [1.165, 1.54) is 32.1 Å². The summed E-state index contributed by atoms with van der Waals surface area (Å²) >= 11 is 0. The highest BCUT2D eigenvalue weighted by Gasteiger charge is 2.25. The highest BCUT2D eigenvalue weighted by molar-refractivity contribution is 5.79. The van der Waals surface area contributed by atoms with Gasteiger partial charge < -0.3 is 19.4 Å². The van der Waals surface area contributed by atoms with Crippen LogP contribution in [0.2, 0.25) is 0 Å². The highest BCUT2D eigenvalue weighted by atomic mass is 16.5. The van der Waals surface area contributed by atoms with E-state index in [9.17, 15) is 0 Å². The zero-order chi connectivity index (χ0) is 18.9. The Morgan fingerprint density at radius 3 is 2.85 bits per heavy atom. The third-order valence-electron chi connectivity index (χ3n) is 5.43. The summed E-state index contributed by atoms with van der Waals surface area (Å²) in [5, 5.41) is 3.42. The molecule has 2 heterocycles. The highest BCUT2D eigenvalue weighted by Crippen LogP contribution is 2.28. The van der Waals surface area contributed by atoms with Crippen LogP contribution in [-0.4, -0.2) is 68.7 Å². The Kier molecular flexibility index (Phi) is 8.02. The maximum atomic E-state index is 5.79. The number of nitrogens with zero attached hydrogens (tertiary/aromatic N) is 3. The predicted molar refractivity (Wildman–Crippen MR) is 109 cm³/mol. The second-order valence-corrected chi connectivity index (χ2v) is 7.76. The van der Waals surface area contributed by atoms with Crippen molar-refractivity contribution < 1.29 is 9.15 Å². The van der Waals surface area contributed by atoms with Gasteiger partial charge in [0, 0.05) is 26.7 Å². The Balaban J connectivity index is 1.57. The first-order valence-corrected chi connectivity index (χ1v) is 10.6. The molecule has 1 N–H and O–H groups in total. The van der Waals surface area contributed by atoms with Gasteiger partial charge in [-0.3, -0.25) is 9.89 Å². The number of ether oxygens (including phenoxy) is 1. The molecule has 0 radical (unpaired) electrons. The first-order chi connectivity index (χ1) is 13.3. The van der Waals surface area contributed by atoms with Gasteiger partial charge in [0.15, 0.2) is 5.96 Å². The van der Waals surface area contributed by atoms with Crippen LogP contribution in [0.5, 0.6) is 0 Å². The fraction of sp³-hybridized carbons (Fsp3) is 0.762. The molecule has 0 aromatic carbocycles. The number of hydrogen-bond donors (Lipinski definition) is 1. The van der Waals surface area contributed by atoms with E-state index in [4.69, 9.17) is 14.1 Å². The molecule has 1 aromatic heterocycles. The molecule has 1 saturated heterocycles. The summed E-state index contributed by atoms with van der Waals surface area (Å²) in [6.45, 7) is 8.46. The number of likely N-dealkylation sites (N-methyl/N-ethyl adjacent to an activating group) is 1. The molecule has 1 aromatic rings. The van der Waals surface area contributed by atoms with Crippen molar-refractivity contribution in [2.45, 2.75) is 45.1 Å². The minimum atomic E-state index is 0.216. The summed E-state index contributed by atoms with van der Waals surface area (Å²) in [6, 6.07) is 4.27. The minimum absolute atomic E-state index is 0.216. The molecule has 1 atom stereocenters. The van der Waals surface area contributed by atoms with Gasteiger partial charge in [-0.1, -0.05) is 6.42 Å². The number of guanidine groups is 1. The summed E-state index contributed by atoms with van der Waals surface area (Å²) in [5.74, 6) is 2.78. The van der Waals surface area contributed by atoms with E-state index in [1.54, 1.807) is 6.26 Å². The summed E-state index contributed by atoms with van der Waals surface area (Å²) in [6.07, 6.45) is 8.30. The molecule has 3 rings (SSSR count). The van der Waals surface area contributed by atoms with Gasteiger partial charge in [0.2, 0.25) is 0 Å². The second-order valence-electron chi connectivity index (χ2n) is 7.76. The molecule has 0 amide bonds. The number of nitrogens with one attached hydrogen (secondary N) is 1. The molecular formula is C21H36N4O2. The van der Waals surface area contributed by atoms with Gasteiger partial charge in [-0.05, 0) is 63.7 Å². The van der Waals surface area contributed by atoms with Crippen molar-refractivity contribution >= 4 is 5.96 Å². The van der Waals surface area contributed by atoms with Crippen LogP contribution in [0.15, 0.2) is 27.8 Å². The fourth-order valence-corrected chi connectivity index (χ4v) is 3.58. The normalized spacial score (nSPS) is 19.9. The van der Waals surface area contributed by atoms with Crippen LogP contribution < -0.4 is 5.32 Å². The lowest BCUT2D eigenvalue weighted by Gasteiger charge is -2.33. The van der Waals surface area contributed by atoms with Crippen molar-refractivity contribution in [2.75, 3.05) is 53.0 Å². The van der Waals surface area contributed by atoms with Gasteiger partial charge in [0.25, 0.3) is 0 Å². The van der Waals surface area contributed by atoms with Crippen molar-refractivity contribution in [3.63, 3.8) is 0 Å². The van der Waals surface area contributed by atoms with Gasteiger partial charge in [-0.2, -0.15) is 0 Å². The van der Waals surface area contributed by atoms with Gasteiger partial charge in [-0.25, -0.2) is 0 Å². The smallest absolute Gasteiger partial charge is 0.193 e. The summed E-state index contributed by atoms with van der Waals surface area (Å²) in [7, 11) is 2.09. The lowest BCUT2D eigenvalue weighted by molar-refractivity contribution is 0.115. The third kappa shape index (κ3) is 6.54. The quantitative estimate of drug-likeness (QED) is 0.386. The van der Waals surface area contributed by atoms with Crippen LogP contribution in [0, 0.1) is 5.92 Å². The maximum absolute atomic E-state index is 5.79. The van der Waals surface area contributed by atoms with Crippen molar-refractivity contribution in [3.05, 3.63) is 24.2 Å². The number of aliphatic imine (C=N–C) groups is 1. The molecule has 2 aliphatic rings. The van der Waals surface area contributed by atoms with Gasteiger partial charge in [0.1, 0.15) is 5.76 Å². The molecule has 6 nitrogen and oxygen atoms in total. The standard InChI is InChI=1S/C21H36N4O2/c1-3-22-21(24(2)13-15-26-17-18-9-10-18)23-16-19(20-8-7-14-27-20)25-11-5-4-6-12-25/h7-8,14,18-19H,3-6,9-13,15-17H2,1-2H3,(H,22,23). The number of furan rings is 1. The molecule has 1 unspecified atom stereocenters. The van der Waals surface area contributed by atoms with E-state index in [-0.39, 0.29) is 6.04 Å². The monoisotopic (exact) mass is 376 g/mol. The van der Waals surface area contributed by atoms with E-state index < -0.39 is 0 Å². The van der Waals surface area contributed by atoms with E-state index in [0.717, 1.165) is 57.0 Å². The number of likely N-dealkylation sites (tertiary alicyclic amines) is 1. The van der Waals surface area contributed by atoms with Crippen LogP contribution in [0.25, 0.3) is 0 Å². The number of rotatable bonds is 10. The number of piperidine rings is 1. The first-order valence-electron chi connectivity index (χ1n) is 10.6. The van der Waals surface area contributed by atoms with Gasteiger partial charge in [-0.15, -0.1) is 0 Å². The third-order valence-corrected chi connectivity index (χ3v) is 5.43. The van der Waals surface area contributed by atoms with Crippen LogP contribution in [0.3, 0.4) is 0 Å².